The van der Waals surface area contributed by atoms with Crippen LogP contribution in [0.4, 0.5) is 0 Å². The van der Waals surface area contributed by atoms with Gasteiger partial charge in [0.15, 0.2) is 0 Å². The van der Waals surface area contributed by atoms with Crippen molar-refractivity contribution in [3.05, 3.63) is 0 Å². The fraction of sp³-hybridized carbons (Fsp3) is 0.909. The number of rotatable bonds is 8. The Morgan fingerprint density at radius 2 is 2.06 bits per heavy atom. The van der Waals surface area contributed by atoms with Crippen LogP contribution in [0.1, 0.15) is 39.5 Å². The topological polar surface area (TPSA) is 63.4 Å². The minimum atomic E-state index is -3.13. The highest BCUT2D eigenvalue weighted by molar-refractivity contribution is 7.89. The van der Waals surface area contributed by atoms with Gasteiger partial charge >= 0.3 is 0 Å². The third-order valence-corrected chi connectivity index (χ3v) is 4.99. The second-order valence-corrected chi connectivity index (χ2v) is 7.62. The van der Waals surface area contributed by atoms with E-state index < -0.39 is 10.0 Å². The van der Waals surface area contributed by atoms with Crippen molar-refractivity contribution in [3.63, 3.8) is 0 Å². The molecule has 0 aliphatic heterocycles. The SMILES string of the molecule is CC(C)CCS(=O)(=O)N(CCC(N)=S)C1CC1. The number of nitrogens with zero attached hydrogens (tertiary/aromatic N) is 1. The van der Waals surface area contributed by atoms with Crippen LogP contribution in [0.25, 0.3) is 0 Å². The summed E-state index contributed by atoms with van der Waals surface area (Å²) >= 11 is 4.81. The summed E-state index contributed by atoms with van der Waals surface area (Å²) in [6.07, 6.45) is 3.13. The fourth-order valence-electron chi connectivity index (χ4n) is 1.63. The summed E-state index contributed by atoms with van der Waals surface area (Å²) in [5, 5.41) is 0. The fourth-order valence-corrected chi connectivity index (χ4v) is 3.76. The maximum Gasteiger partial charge on any atom is 0.214 e. The van der Waals surface area contributed by atoms with Crippen LogP contribution in [0.2, 0.25) is 0 Å². The van der Waals surface area contributed by atoms with Crippen molar-refractivity contribution < 1.29 is 8.42 Å². The van der Waals surface area contributed by atoms with Crippen molar-refractivity contribution in [2.75, 3.05) is 12.3 Å². The molecule has 17 heavy (non-hydrogen) atoms. The molecule has 0 radical (unpaired) electrons. The third kappa shape index (κ3) is 5.31. The summed E-state index contributed by atoms with van der Waals surface area (Å²) < 4.78 is 25.9. The summed E-state index contributed by atoms with van der Waals surface area (Å²) in [5.74, 6) is 0.639. The predicted molar refractivity (Wildman–Crippen MR) is 74.4 cm³/mol. The van der Waals surface area contributed by atoms with Gasteiger partial charge in [-0.15, -0.1) is 0 Å². The Morgan fingerprint density at radius 3 is 2.47 bits per heavy atom. The van der Waals surface area contributed by atoms with Crippen LogP contribution in [0, 0.1) is 5.92 Å². The summed E-state index contributed by atoms with van der Waals surface area (Å²) in [5.41, 5.74) is 5.44. The van der Waals surface area contributed by atoms with Gasteiger partial charge in [-0.1, -0.05) is 26.1 Å². The molecule has 0 amide bonds. The highest BCUT2D eigenvalue weighted by Gasteiger charge is 2.36. The van der Waals surface area contributed by atoms with Gasteiger partial charge in [0.25, 0.3) is 0 Å². The molecule has 0 saturated heterocycles. The van der Waals surface area contributed by atoms with Crippen LogP contribution in [0.15, 0.2) is 0 Å². The lowest BCUT2D eigenvalue weighted by molar-refractivity contribution is 0.410. The molecule has 0 aromatic rings. The standard InChI is InChI=1S/C11H22N2O2S2/c1-9(2)6-8-17(14,15)13(10-3-4-10)7-5-11(12)16/h9-10H,3-8H2,1-2H3,(H2,12,16). The summed E-state index contributed by atoms with van der Waals surface area (Å²) in [4.78, 5) is 0.384. The van der Waals surface area contributed by atoms with Crippen LogP contribution in [0.3, 0.4) is 0 Å². The average Bonchev–Trinajstić information content (AvgIpc) is 2.98. The molecule has 1 saturated carbocycles. The van der Waals surface area contributed by atoms with E-state index in [1.54, 1.807) is 4.31 Å². The van der Waals surface area contributed by atoms with E-state index in [4.69, 9.17) is 18.0 Å². The molecule has 0 spiro atoms. The minimum absolute atomic E-state index is 0.196. The van der Waals surface area contributed by atoms with Gasteiger partial charge in [-0.3, -0.25) is 0 Å². The summed E-state index contributed by atoms with van der Waals surface area (Å²) in [6, 6.07) is 0.196. The number of hydrogen-bond donors (Lipinski definition) is 1. The second kappa shape index (κ2) is 6.11. The van der Waals surface area contributed by atoms with Crippen LogP contribution in [-0.2, 0) is 10.0 Å². The molecule has 0 heterocycles. The van der Waals surface area contributed by atoms with E-state index >= 15 is 0 Å². The Bertz CT molecular complexity index is 362. The quantitative estimate of drug-likeness (QED) is 0.684. The molecular weight excluding hydrogens is 256 g/mol. The Morgan fingerprint density at radius 1 is 1.47 bits per heavy atom. The first-order valence-corrected chi connectivity index (χ1v) is 8.12. The molecule has 0 unspecified atom stereocenters. The van der Waals surface area contributed by atoms with Gasteiger partial charge in [0.2, 0.25) is 10.0 Å². The molecule has 100 valence electrons. The molecule has 0 aromatic carbocycles. The number of nitrogens with two attached hydrogens (primary N) is 1. The first-order chi connectivity index (χ1) is 7.83. The first-order valence-electron chi connectivity index (χ1n) is 6.10. The summed E-state index contributed by atoms with van der Waals surface area (Å²) in [7, 11) is -3.13. The van der Waals surface area contributed by atoms with Gasteiger partial charge in [0.05, 0.1) is 10.7 Å². The van der Waals surface area contributed by atoms with Crippen molar-refractivity contribution >= 4 is 27.2 Å². The van der Waals surface area contributed by atoms with Gasteiger partial charge in [0, 0.05) is 19.0 Å². The van der Waals surface area contributed by atoms with Gasteiger partial charge in [0.1, 0.15) is 0 Å². The molecule has 1 aliphatic carbocycles. The van der Waals surface area contributed by atoms with Crippen molar-refractivity contribution in [1.82, 2.24) is 4.31 Å². The molecule has 0 bridgehead atoms. The number of thiocarbonyl (C=S) groups is 1. The normalized spacial score (nSPS) is 16.7. The maximum absolute atomic E-state index is 12.2. The zero-order chi connectivity index (χ0) is 13.1. The van der Waals surface area contributed by atoms with Crippen molar-refractivity contribution in [1.29, 1.82) is 0 Å². The Kier molecular flexibility index (Phi) is 5.34. The van der Waals surface area contributed by atoms with Gasteiger partial charge in [-0.25, -0.2) is 8.42 Å². The Labute approximate surface area is 110 Å². The molecule has 1 aliphatic rings. The minimum Gasteiger partial charge on any atom is -0.393 e. The zero-order valence-electron chi connectivity index (χ0n) is 10.6. The van der Waals surface area contributed by atoms with Crippen LogP contribution in [-0.4, -0.2) is 36.1 Å². The molecule has 6 heteroatoms. The maximum atomic E-state index is 12.2. The highest BCUT2D eigenvalue weighted by atomic mass is 32.2. The Hall–Kier alpha value is -0.200. The molecule has 1 rings (SSSR count). The van der Waals surface area contributed by atoms with Crippen LogP contribution >= 0.6 is 12.2 Å². The smallest absolute Gasteiger partial charge is 0.214 e. The lowest BCUT2D eigenvalue weighted by Crippen LogP contribution is -2.37. The molecular formula is C11H22N2O2S2. The molecule has 1 fully saturated rings. The van der Waals surface area contributed by atoms with E-state index in [-0.39, 0.29) is 11.8 Å². The van der Waals surface area contributed by atoms with Crippen molar-refractivity contribution in [2.24, 2.45) is 11.7 Å². The lowest BCUT2D eigenvalue weighted by Gasteiger charge is -2.22. The van der Waals surface area contributed by atoms with Crippen LogP contribution < -0.4 is 5.73 Å². The third-order valence-electron chi connectivity index (χ3n) is 2.84. The van der Waals surface area contributed by atoms with E-state index in [0.717, 1.165) is 12.8 Å². The lowest BCUT2D eigenvalue weighted by atomic mass is 10.2. The average molecular weight is 278 g/mol. The van der Waals surface area contributed by atoms with Crippen molar-refractivity contribution in [2.45, 2.75) is 45.6 Å². The molecule has 0 atom stereocenters. The Balaban J connectivity index is 2.58. The molecule has 4 nitrogen and oxygen atoms in total. The molecule has 0 aromatic heterocycles. The van der Waals surface area contributed by atoms with Crippen molar-refractivity contribution in [3.8, 4) is 0 Å². The first kappa shape index (κ1) is 14.9. The number of sulfonamides is 1. The van der Waals surface area contributed by atoms with Crippen LogP contribution in [0.5, 0.6) is 0 Å². The van der Waals surface area contributed by atoms with E-state index in [0.29, 0.717) is 30.3 Å². The number of hydrogen-bond acceptors (Lipinski definition) is 3. The van der Waals surface area contributed by atoms with E-state index in [2.05, 4.69) is 0 Å². The summed E-state index contributed by atoms with van der Waals surface area (Å²) in [6.45, 7) is 4.51. The van der Waals surface area contributed by atoms with Gasteiger partial charge in [-0.2, -0.15) is 4.31 Å². The largest absolute Gasteiger partial charge is 0.393 e. The highest BCUT2D eigenvalue weighted by Crippen LogP contribution is 2.30. The predicted octanol–water partition coefficient (Wildman–Crippen LogP) is 1.50. The zero-order valence-corrected chi connectivity index (χ0v) is 12.2. The second-order valence-electron chi connectivity index (χ2n) is 5.06. The van der Waals surface area contributed by atoms with E-state index in [1.165, 1.54) is 0 Å². The monoisotopic (exact) mass is 278 g/mol. The van der Waals surface area contributed by atoms with Gasteiger partial charge in [-0.05, 0) is 25.2 Å². The molecule has 2 N–H and O–H groups in total. The van der Waals surface area contributed by atoms with E-state index in [9.17, 15) is 8.42 Å². The van der Waals surface area contributed by atoms with Gasteiger partial charge < -0.3 is 5.73 Å². The van der Waals surface area contributed by atoms with E-state index in [1.807, 2.05) is 13.8 Å².